The molecule has 0 amide bonds. The number of hydrogen-bond acceptors (Lipinski definition) is 3. The van der Waals surface area contributed by atoms with Crippen molar-refractivity contribution in [1.29, 1.82) is 0 Å². The topological polar surface area (TPSA) is 42.9 Å². The van der Waals surface area contributed by atoms with E-state index < -0.39 is 0 Å². The zero-order valence-electron chi connectivity index (χ0n) is 20.4. The van der Waals surface area contributed by atoms with Gasteiger partial charge in [0, 0.05) is 28.7 Å². The number of fused-ring (bicyclic) bond motifs is 2. The summed E-state index contributed by atoms with van der Waals surface area (Å²) >= 11 is 0. The van der Waals surface area contributed by atoms with Crippen LogP contribution in [0.15, 0.2) is 133 Å². The summed E-state index contributed by atoms with van der Waals surface area (Å²) in [6.07, 6.45) is 0.349. The minimum absolute atomic E-state index is 0.112. The summed E-state index contributed by atoms with van der Waals surface area (Å²) in [7, 11) is 0. The lowest BCUT2D eigenvalue weighted by Crippen LogP contribution is -2.19. The lowest BCUT2D eigenvalue weighted by molar-refractivity contribution is 0.0971. The van der Waals surface area contributed by atoms with Gasteiger partial charge < -0.3 is 0 Å². The Bertz CT molecular complexity index is 1600. The number of pyridine rings is 2. The van der Waals surface area contributed by atoms with E-state index in [-0.39, 0.29) is 17.6 Å². The molecule has 2 aromatic heterocycles. The molecule has 0 saturated carbocycles. The van der Waals surface area contributed by atoms with E-state index in [0.717, 1.165) is 44.3 Å². The number of carbonyl (C=O) groups is 1. The van der Waals surface area contributed by atoms with E-state index in [1.54, 1.807) is 0 Å². The summed E-state index contributed by atoms with van der Waals surface area (Å²) in [5.41, 5.74) is 5.52. The van der Waals surface area contributed by atoms with Crippen molar-refractivity contribution in [3.8, 4) is 0 Å². The van der Waals surface area contributed by atoms with Gasteiger partial charge in [-0.2, -0.15) is 0 Å². The second kappa shape index (κ2) is 10.2. The van der Waals surface area contributed by atoms with Crippen LogP contribution in [0.3, 0.4) is 0 Å². The van der Waals surface area contributed by atoms with Crippen LogP contribution in [0.25, 0.3) is 21.8 Å². The molecule has 0 saturated heterocycles. The van der Waals surface area contributed by atoms with Crippen LogP contribution in [0.4, 0.5) is 0 Å². The maximum Gasteiger partial charge on any atom is 0.163 e. The summed E-state index contributed by atoms with van der Waals surface area (Å²) in [5.74, 6) is -0.235. The van der Waals surface area contributed by atoms with Crippen LogP contribution in [0.5, 0.6) is 0 Å². The molecule has 1 unspecified atom stereocenters. The number of para-hydroxylation sites is 2. The van der Waals surface area contributed by atoms with E-state index in [4.69, 9.17) is 9.97 Å². The van der Waals surface area contributed by atoms with Gasteiger partial charge in [0.05, 0.1) is 28.3 Å². The average molecular weight is 479 g/mol. The Morgan fingerprint density at radius 1 is 0.541 bits per heavy atom. The van der Waals surface area contributed by atoms with Crippen LogP contribution in [-0.4, -0.2) is 15.8 Å². The second-order valence-electron chi connectivity index (χ2n) is 9.35. The Hall–Kier alpha value is -4.63. The Labute approximate surface area is 216 Å². The zero-order chi connectivity index (χ0) is 25.0. The van der Waals surface area contributed by atoms with Crippen LogP contribution in [0.1, 0.15) is 45.6 Å². The van der Waals surface area contributed by atoms with Gasteiger partial charge in [-0.15, -0.1) is 0 Å². The molecule has 0 spiro atoms. The first-order valence-corrected chi connectivity index (χ1v) is 12.6. The van der Waals surface area contributed by atoms with Crippen molar-refractivity contribution in [3.63, 3.8) is 0 Å². The Balaban J connectivity index is 1.54. The molecule has 37 heavy (non-hydrogen) atoms. The van der Waals surface area contributed by atoms with Crippen LogP contribution >= 0.6 is 0 Å². The third kappa shape index (κ3) is 4.76. The van der Waals surface area contributed by atoms with Crippen molar-refractivity contribution < 1.29 is 4.79 Å². The van der Waals surface area contributed by atoms with Gasteiger partial charge in [-0.25, -0.2) is 0 Å². The highest BCUT2D eigenvalue weighted by Crippen LogP contribution is 2.41. The van der Waals surface area contributed by atoms with Crippen LogP contribution in [-0.2, 0) is 0 Å². The first kappa shape index (κ1) is 22.8. The van der Waals surface area contributed by atoms with Crippen LogP contribution < -0.4 is 0 Å². The first-order valence-electron chi connectivity index (χ1n) is 12.6. The summed E-state index contributed by atoms with van der Waals surface area (Å²) in [6, 6.07) is 44.6. The summed E-state index contributed by atoms with van der Waals surface area (Å²) < 4.78 is 0. The lowest BCUT2D eigenvalue weighted by Gasteiger charge is -2.27. The van der Waals surface area contributed by atoms with Gasteiger partial charge in [0.15, 0.2) is 5.78 Å². The molecule has 3 heteroatoms. The quantitative estimate of drug-likeness (QED) is 0.219. The van der Waals surface area contributed by atoms with Gasteiger partial charge in [-0.1, -0.05) is 109 Å². The number of rotatable bonds is 7. The third-order valence-electron chi connectivity index (χ3n) is 7.01. The molecule has 4 aromatic carbocycles. The average Bonchev–Trinajstić information content (AvgIpc) is 2.97. The third-order valence-corrected chi connectivity index (χ3v) is 7.01. The first-order chi connectivity index (χ1) is 18.3. The standard InChI is InChI=1S/C34H26N2O/c37-33(27-15-5-2-6-16-27)23-28(24-11-3-1-4-12-24)34(31-21-19-25-13-7-9-17-29(25)35-31)32-22-20-26-14-8-10-18-30(26)36-32/h1-22,28,34H,23H2. The van der Waals surface area contributed by atoms with E-state index in [9.17, 15) is 4.79 Å². The van der Waals surface area contributed by atoms with Crippen molar-refractivity contribution in [3.05, 3.63) is 156 Å². The zero-order valence-corrected chi connectivity index (χ0v) is 20.4. The number of carbonyl (C=O) groups excluding carboxylic acids is 1. The summed E-state index contributed by atoms with van der Waals surface area (Å²) in [4.78, 5) is 23.8. The van der Waals surface area contributed by atoms with Crippen molar-refractivity contribution in [2.24, 2.45) is 0 Å². The number of benzene rings is 4. The van der Waals surface area contributed by atoms with E-state index >= 15 is 0 Å². The molecule has 0 bridgehead atoms. The number of Topliss-reactive ketones (excluding diaryl/α,β-unsaturated/α-hetero) is 1. The lowest BCUT2D eigenvalue weighted by atomic mass is 9.77. The van der Waals surface area contributed by atoms with E-state index in [1.165, 1.54) is 0 Å². The van der Waals surface area contributed by atoms with Gasteiger partial charge >= 0.3 is 0 Å². The molecule has 0 aliphatic rings. The fourth-order valence-corrected chi connectivity index (χ4v) is 5.14. The molecular formula is C34H26N2O. The minimum Gasteiger partial charge on any atom is -0.294 e. The highest BCUT2D eigenvalue weighted by atomic mass is 16.1. The molecule has 178 valence electrons. The van der Waals surface area contributed by atoms with Gasteiger partial charge in [-0.3, -0.25) is 14.8 Å². The number of hydrogen-bond donors (Lipinski definition) is 0. The molecule has 0 fully saturated rings. The summed E-state index contributed by atoms with van der Waals surface area (Å²) in [6.45, 7) is 0. The predicted octanol–water partition coefficient (Wildman–Crippen LogP) is 7.97. The summed E-state index contributed by atoms with van der Waals surface area (Å²) in [5, 5.41) is 2.18. The predicted molar refractivity (Wildman–Crippen MR) is 150 cm³/mol. The molecule has 3 nitrogen and oxygen atoms in total. The van der Waals surface area contributed by atoms with E-state index in [2.05, 4.69) is 48.5 Å². The second-order valence-corrected chi connectivity index (χ2v) is 9.35. The molecular weight excluding hydrogens is 452 g/mol. The Kier molecular flexibility index (Phi) is 6.26. The minimum atomic E-state index is -0.204. The van der Waals surface area contributed by atoms with Crippen molar-refractivity contribution in [1.82, 2.24) is 9.97 Å². The Morgan fingerprint density at radius 3 is 1.59 bits per heavy atom. The van der Waals surface area contributed by atoms with Gasteiger partial charge in [-0.05, 0) is 29.8 Å². The van der Waals surface area contributed by atoms with Gasteiger partial charge in [0.1, 0.15) is 0 Å². The fraction of sp³-hybridized carbons (Fsp3) is 0.0882. The van der Waals surface area contributed by atoms with E-state index in [0.29, 0.717) is 6.42 Å². The molecule has 2 heterocycles. The van der Waals surface area contributed by atoms with Crippen molar-refractivity contribution in [2.45, 2.75) is 18.3 Å². The highest BCUT2D eigenvalue weighted by molar-refractivity contribution is 5.96. The van der Waals surface area contributed by atoms with Crippen molar-refractivity contribution >= 4 is 27.6 Å². The number of ketones is 1. The molecule has 0 N–H and O–H groups in total. The monoisotopic (exact) mass is 478 g/mol. The molecule has 0 radical (unpaired) electrons. The molecule has 0 aliphatic carbocycles. The SMILES string of the molecule is O=C(CC(c1ccccc1)C(c1ccc2ccccc2n1)c1ccc2ccccc2n1)c1ccccc1. The van der Waals surface area contributed by atoms with Crippen LogP contribution in [0.2, 0.25) is 0 Å². The maximum absolute atomic E-state index is 13.6. The highest BCUT2D eigenvalue weighted by Gasteiger charge is 2.31. The fourth-order valence-electron chi connectivity index (χ4n) is 5.14. The molecule has 6 aromatic rings. The van der Waals surface area contributed by atoms with Gasteiger partial charge in [0.25, 0.3) is 0 Å². The number of nitrogens with zero attached hydrogens (tertiary/aromatic N) is 2. The smallest absolute Gasteiger partial charge is 0.163 e. The maximum atomic E-state index is 13.6. The Morgan fingerprint density at radius 2 is 1.03 bits per heavy atom. The number of aromatic nitrogens is 2. The van der Waals surface area contributed by atoms with Crippen molar-refractivity contribution in [2.75, 3.05) is 0 Å². The van der Waals surface area contributed by atoms with Gasteiger partial charge in [0.2, 0.25) is 0 Å². The largest absolute Gasteiger partial charge is 0.294 e. The van der Waals surface area contributed by atoms with E-state index in [1.807, 2.05) is 84.9 Å². The molecule has 1 atom stereocenters. The molecule has 6 rings (SSSR count). The molecule has 0 aliphatic heterocycles. The van der Waals surface area contributed by atoms with Crippen LogP contribution in [0, 0.1) is 0 Å². The normalized spacial score (nSPS) is 12.1.